The molecular formula is C55H124N18O. The van der Waals surface area contributed by atoms with Crippen molar-refractivity contribution in [3.05, 3.63) is 0 Å². The highest BCUT2D eigenvalue weighted by molar-refractivity contribution is 4.90. The molecule has 11 aliphatic rings. The lowest BCUT2D eigenvalue weighted by atomic mass is 9.92. The molecule has 0 radical (unpaired) electrons. The Hall–Kier alpha value is -0.760. The summed E-state index contributed by atoms with van der Waals surface area (Å²) in [6.45, 7) is 22.0. The van der Waals surface area contributed by atoms with Crippen molar-refractivity contribution in [3.63, 3.8) is 0 Å². The Morgan fingerprint density at radius 3 is 1.01 bits per heavy atom. The second kappa shape index (κ2) is 44.0. The molecule has 11 saturated heterocycles. The van der Waals surface area contributed by atoms with Crippen molar-refractivity contribution >= 4 is 0 Å². The fourth-order valence-electron chi connectivity index (χ4n) is 11.4. The van der Waals surface area contributed by atoms with E-state index < -0.39 is 0 Å². The van der Waals surface area contributed by atoms with Gasteiger partial charge in [0.25, 0.3) is 0 Å². The lowest BCUT2D eigenvalue weighted by Crippen LogP contribution is -2.51. The molecule has 0 bridgehead atoms. The maximum Gasteiger partial charge on any atom is 0.0827 e. The molecule has 0 aromatic rings. The monoisotopic (exact) mass is 1050 g/mol. The highest BCUT2D eigenvalue weighted by Gasteiger charge is 2.27. The third kappa shape index (κ3) is 31.7. The second-order valence-electron chi connectivity index (χ2n) is 23.1. The normalized spacial score (nSPS) is 35.1. The van der Waals surface area contributed by atoms with E-state index in [0.29, 0.717) is 48.8 Å². The number of rotatable bonds is 7. The molecule has 14 atom stereocenters. The number of hydrogen-bond donors (Lipinski definition) is 19. The van der Waals surface area contributed by atoms with Gasteiger partial charge in [-0.05, 0) is 214 Å². The standard InChI is InChI=1S/C10H20N2.C8H16N2.C7H16N2.2C6H14N2.2C5H12N2.C4H10N2O.C4H10N2/c1-3-7-11-9(5-1)10-6-2-4-8-12-10;1-3-7(9-5-1)8-4-2-6-10-8;1-6(8)7-4-2-3-5-9-7;1-5(7)6-3-2-4-8-6;7-5-6-3-1-2-4-8-6;6-3-5-1-2-7-4-5;6-4-5-2-1-3-7-5;5-3-1-6-2-4(3)7;5-4-1-2-6-3-4/h9-12H,1-8H2;7-10H,1-6H2;6-7,9H,2-5,8H2,1H3;5-6,8H,2-4,7H2,1H3;6,8H,1-5,7H2;2*5,7H,1-4,6H2;3-4,6-7H,1-2,5H2;4,6H,1-3,5H2. The second-order valence-corrected chi connectivity index (χ2v) is 23.1. The van der Waals surface area contributed by atoms with Gasteiger partial charge in [-0.2, -0.15) is 0 Å². The predicted octanol–water partition coefficient (Wildman–Crippen LogP) is -0.754. The minimum Gasteiger partial charge on any atom is -0.390 e. The van der Waals surface area contributed by atoms with E-state index >= 15 is 0 Å². The molecule has 14 unspecified atom stereocenters. The van der Waals surface area contributed by atoms with Crippen LogP contribution in [0.25, 0.3) is 0 Å². The Morgan fingerprint density at radius 2 is 0.770 bits per heavy atom. The maximum absolute atomic E-state index is 8.81. The van der Waals surface area contributed by atoms with E-state index in [2.05, 4.69) is 72.3 Å². The summed E-state index contributed by atoms with van der Waals surface area (Å²) in [6.07, 6.45) is 29.1. The van der Waals surface area contributed by atoms with Crippen molar-refractivity contribution in [2.75, 3.05) is 111 Å². The first-order valence-corrected chi connectivity index (χ1v) is 30.8. The van der Waals surface area contributed by atoms with Gasteiger partial charge in [0.1, 0.15) is 0 Å². The van der Waals surface area contributed by atoms with Crippen LogP contribution in [0, 0.1) is 5.92 Å². The highest BCUT2D eigenvalue weighted by atomic mass is 16.3. The van der Waals surface area contributed by atoms with Crippen LogP contribution in [-0.2, 0) is 0 Å². The van der Waals surface area contributed by atoms with Crippen molar-refractivity contribution in [3.8, 4) is 0 Å². The number of aliphatic hydroxyl groups excluding tert-OH is 1. The molecule has 0 aromatic heterocycles. The first-order valence-electron chi connectivity index (χ1n) is 30.8. The molecular weight excluding hydrogens is 929 g/mol. The average Bonchev–Trinajstić information content (AvgIpc) is 4.30. The summed E-state index contributed by atoms with van der Waals surface area (Å²) in [5, 5.41) is 45.8. The molecule has 26 N–H and O–H groups in total. The van der Waals surface area contributed by atoms with Crippen LogP contribution in [0.5, 0.6) is 0 Å². The topological polar surface area (TPSA) is 335 Å². The smallest absolute Gasteiger partial charge is 0.0827 e. The lowest BCUT2D eigenvalue weighted by Gasteiger charge is -2.34. The number of nitrogens with two attached hydrogens (primary N) is 7. The Balaban J connectivity index is 0.000000221. The molecule has 0 aliphatic carbocycles. The van der Waals surface area contributed by atoms with Gasteiger partial charge >= 0.3 is 0 Å². The first-order chi connectivity index (χ1) is 36.0. The summed E-state index contributed by atoms with van der Waals surface area (Å²) in [4.78, 5) is 0. The van der Waals surface area contributed by atoms with E-state index in [0.717, 1.165) is 95.4 Å². The fraction of sp³-hybridized carbons (Fsp3) is 1.00. The van der Waals surface area contributed by atoms with Crippen LogP contribution >= 0.6 is 0 Å². The molecule has 0 saturated carbocycles. The molecule has 19 nitrogen and oxygen atoms in total. The number of β-amino-alcohol motifs (C(OH)–C–C–N with tert-alkyl or cyclic N) is 1. The van der Waals surface area contributed by atoms with Crippen LogP contribution < -0.4 is 98.6 Å². The lowest BCUT2D eigenvalue weighted by molar-refractivity contribution is 0.179. The minimum atomic E-state index is -0.319. The Bertz CT molecular complexity index is 1150. The minimum absolute atomic E-state index is 0.0417. The van der Waals surface area contributed by atoms with Crippen LogP contribution in [-0.4, -0.2) is 195 Å². The molecule has 440 valence electrons. The van der Waals surface area contributed by atoms with E-state index in [1.165, 1.54) is 181 Å². The van der Waals surface area contributed by atoms with Crippen molar-refractivity contribution in [1.82, 2.24) is 58.5 Å². The number of hydrogen-bond acceptors (Lipinski definition) is 19. The molecule has 74 heavy (non-hydrogen) atoms. The molecule has 0 amide bonds. The SMILES string of the molecule is C1CCC(C2CCCCN2)NC1.C1CNC(C2CCCN2)C1.CC(N)C1CCCCN1.CC(N)C1CCCN1.NC1CCNC1.NC1CNCC1O.NCC1CCCCN1.NCC1CCCN1.NCC1CCNC1. The Labute approximate surface area is 453 Å². The van der Waals surface area contributed by atoms with E-state index in [-0.39, 0.29) is 12.1 Å². The van der Waals surface area contributed by atoms with Crippen molar-refractivity contribution < 1.29 is 5.11 Å². The van der Waals surface area contributed by atoms with Gasteiger partial charge in [-0.3, -0.25) is 0 Å². The van der Waals surface area contributed by atoms with Crippen molar-refractivity contribution in [2.24, 2.45) is 46.1 Å². The summed E-state index contributed by atoms with van der Waals surface area (Å²) in [5.74, 6) is 0.764. The summed E-state index contributed by atoms with van der Waals surface area (Å²) in [5.41, 5.74) is 38.4. The van der Waals surface area contributed by atoms with Crippen LogP contribution in [0.1, 0.15) is 155 Å². The first kappa shape index (κ1) is 67.5. The Kier molecular flexibility index (Phi) is 40.2. The summed E-state index contributed by atoms with van der Waals surface area (Å²) >= 11 is 0. The van der Waals surface area contributed by atoms with Gasteiger partial charge in [-0.1, -0.05) is 25.7 Å². The number of aliphatic hydroxyl groups is 1. The third-order valence-electron chi connectivity index (χ3n) is 16.5. The quantitative estimate of drug-likeness (QED) is 0.149. The molecule has 19 heteroatoms. The zero-order valence-electron chi connectivity index (χ0n) is 47.6. The molecule has 11 fully saturated rings. The van der Waals surface area contributed by atoms with Crippen LogP contribution in [0.2, 0.25) is 0 Å². The third-order valence-corrected chi connectivity index (χ3v) is 16.5. The van der Waals surface area contributed by atoms with E-state index in [4.69, 9.17) is 45.2 Å². The molecule has 11 aliphatic heterocycles. The Morgan fingerprint density at radius 1 is 0.378 bits per heavy atom. The van der Waals surface area contributed by atoms with Crippen LogP contribution in [0.15, 0.2) is 0 Å². The molecule has 11 rings (SSSR count). The zero-order valence-corrected chi connectivity index (χ0v) is 47.6. The van der Waals surface area contributed by atoms with Gasteiger partial charge in [0.2, 0.25) is 0 Å². The number of piperidine rings is 4. The molecule has 0 aromatic carbocycles. The summed E-state index contributed by atoms with van der Waals surface area (Å²) < 4.78 is 0. The predicted molar refractivity (Wildman–Crippen MR) is 314 cm³/mol. The highest BCUT2D eigenvalue weighted by Crippen LogP contribution is 2.18. The number of nitrogens with one attached hydrogen (secondary N) is 11. The largest absolute Gasteiger partial charge is 0.390 e. The van der Waals surface area contributed by atoms with Crippen molar-refractivity contribution in [2.45, 2.75) is 234 Å². The zero-order chi connectivity index (χ0) is 53.4. The summed E-state index contributed by atoms with van der Waals surface area (Å²) in [7, 11) is 0. The van der Waals surface area contributed by atoms with E-state index in [1.54, 1.807) is 0 Å². The van der Waals surface area contributed by atoms with Gasteiger partial charge in [-0.15, -0.1) is 0 Å². The van der Waals surface area contributed by atoms with E-state index in [9.17, 15) is 0 Å². The average molecular weight is 1050 g/mol. The molecule has 11 heterocycles. The summed E-state index contributed by atoms with van der Waals surface area (Å²) in [6, 6.07) is 6.60. The van der Waals surface area contributed by atoms with Gasteiger partial charge in [-0.25, -0.2) is 0 Å². The van der Waals surface area contributed by atoms with E-state index in [1.807, 2.05) is 0 Å². The van der Waals surface area contributed by atoms with Crippen molar-refractivity contribution in [1.29, 1.82) is 0 Å². The van der Waals surface area contributed by atoms with Gasteiger partial charge in [0, 0.05) is 105 Å². The fourth-order valence-corrected chi connectivity index (χ4v) is 11.4. The van der Waals surface area contributed by atoms with Gasteiger partial charge in [0.15, 0.2) is 0 Å². The molecule has 0 spiro atoms. The van der Waals surface area contributed by atoms with Gasteiger partial charge in [0.05, 0.1) is 6.10 Å². The van der Waals surface area contributed by atoms with Gasteiger partial charge < -0.3 is 104 Å². The maximum atomic E-state index is 8.81. The van der Waals surface area contributed by atoms with Crippen LogP contribution in [0.3, 0.4) is 0 Å². The van der Waals surface area contributed by atoms with Crippen LogP contribution in [0.4, 0.5) is 0 Å².